The lowest BCUT2D eigenvalue weighted by Gasteiger charge is -2.29. The molecule has 5 heterocycles. The van der Waals surface area contributed by atoms with Gasteiger partial charge in [0.25, 0.3) is 5.91 Å². The van der Waals surface area contributed by atoms with Gasteiger partial charge in [0.15, 0.2) is 11.8 Å². The van der Waals surface area contributed by atoms with Crippen molar-refractivity contribution in [3.63, 3.8) is 0 Å². The first-order valence-corrected chi connectivity index (χ1v) is 9.91. The second kappa shape index (κ2) is 6.27. The summed E-state index contributed by atoms with van der Waals surface area (Å²) in [4.78, 5) is 17.4. The molecule has 0 saturated heterocycles. The van der Waals surface area contributed by atoms with Gasteiger partial charge in [-0.15, -0.1) is 0 Å². The van der Waals surface area contributed by atoms with E-state index in [0.717, 1.165) is 5.56 Å². The minimum atomic E-state index is -0.521. The number of hydrogen-bond acceptors (Lipinski definition) is 6. The van der Waals surface area contributed by atoms with Gasteiger partial charge in [-0.25, -0.2) is 13.9 Å². The summed E-state index contributed by atoms with van der Waals surface area (Å²) in [5, 5.41) is 14.9. The van der Waals surface area contributed by atoms with E-state index < -0.39 is 6.10 Å². The molecule has 1 amide bonds. The number of nitrogens with one attached hydrogen (secondary N) is 2. The summed E-state index contributed by atoms with van der Waals surface area (Å²) >= 11 is 0. The van der Waals surface area contributed by atoms with Crippen LogP contribution in [0, 0.1) is 5.82 Å². The minimum Gasteiger partial charge on any atom is -0.481 e. The van der Waals surface area contributed by atoms with Gasteiger partial charge in [-0.3, -0.25) is 9.48 Å². The van der Waals surface area contributed by atoms with Gasteiger partial charge in [-0.2, -0.15) is 10.2 Å². The molecule has 156 valence electrons. The minimum absolute atomic E-state index is 0.192. The van der Waals surface area contributed by atoms with Gasteiger partial charge in [0, 0.05) is 36.1 Å². The smallest absolute Gasteiger partial charge is 0.256 e. The third kappa shape index (κ3) is 2.68. The topological polar surface area (TPSA) is 98.4 Å². The number of fused-ring (bicyclic) bond motifs is 5. The fraction of sp³-hybridized carbons (Fsp3) is 0.238. The first-order chi connectivity index (χ1) is 15.0. The molecule has 31 heavy (non-hydrogen) atoms. The molecule has 0 radical (unpaired) electrons. The summed E-state index contributed by atoms with van der Waals surface area (Å²) in [5.74, 6) is 0.447. The average molecular weight is 419 g/mol. The van der Waals surface area contributed by atoms with Crippen LogP contribution >= 0.6 is 0 Å². The van der Waals surface area contributed by atoms with Crippen LogP contribution in [0.5, 0.6) is 5.75 Å². The van der Waals surface area contributed by atoms with Crippen LogP contribution < -0.4 is 15.4 Å². The Morgan fingerprint density at radius 3 is 3.00 bits per heavy atom. The van der Waals surface area contributed by atoms with Crippen LogP contribution in [0.1, 0.15) is 40.7 Å². The molecule has 6 rings (SSSR count). The Morgan fingerprint density at radius 2 is 2.13 bits per heavy atom. The summed E-state index contributed by atoms with van der Waals surface area (Å²) < 4.78 is 24.2. The van der Waals surface area contributed by atoms with Crippen LogP contribution in [0.4, 0.5) is 10.2 Å². The van der Waals surface area contributed by atoms with Gasteiger partial charge in [0.1, 0.15) is 28.6 Å². The fourth-order valence-electron chi connectivity index (χ4n) is 4.24. The standard InChI is InChI=1S/C21H18FN7O2/c1-10-12-5-11(22)6-13-15-9-28(2)27-18(15)16(31-19(12)13)8-23-21(30)14-7-24-29-4-3-17(25-10)26-20(14)29/h3-7,9-10,16H,8H2,1-2H3,(H,23,30)(H,25,26)/t10-,16-/m1/s1. The fourth-order valence-corrected chi connectivity index (χ4v) is 4.24. The van der Waals surface area contributed by atoms with Crippen molar-refractivity contribution in [2.75, 3.05) is 11.9 Å². The zero-order chi connectivity index (χ0) is 21.3. The van der Waals surface area contributed by atoms with E-state index >= 15 is 0 Å². The number of amides is 1. The largest absolute Gasteiger partial charge is 0.481 e. The van der Waals surface area contributed by atoms with E-state index in [2.05, 4.69) is 25.8 Å². The molecule has 2 aliphatic heterocycles. The third-order valence-electron chi connectivity index (χ3n) is 5.69. The van der Waals surface area contributed by atoms with Crippen molar-refractivity contribution in [1.29, 1.82) is 0 Å². The van der Waals surface area contributed by atoms with Gasteiger partial charge >= 0.3 is 0 Å². The Hall–Kier alpha value is -3.95. The normalized spacial score (nSPS) is 19.5. The van der Waals surface area contributed by atoms with Crippen LogP contribution in [0.25, 0.3) is 16.8 Å². The molecular weight excluding hydrogens is 401 g/mol. The Kier molecular flexibility index (Phi) is 3.62. The van der Waals surface area contributed by atoms with Crippen molar-refractivity contribution in [1.82, 2.24) is 29.7 Å². The maximum absolute atomic E-state index is 14.6. The molecule has 10 heteroatoms. The average Bonchev–Trinajstić information content (AvgIpc) is 3.34. The summed E-state index contributed by atoms with van der Waals surface area (Å²) in [7, 11) is 1.80. The van der Waals surface area contributed by atoms with Gasteiger partial charge in [-0.05, 0) is 25.1 Å². The molecular formula is C21H18FN7O2. The monoisotopic (exact) mass is 419 g/mol. The van der Waals surface area contributed by atoms with E-state index in [4.69, 9.17) is 4.74 Å². The summed E-state index contributed by atoms with van der Waals surface area (Å²) in [6, 6.07) is 4.37. The number of hydrogen-bond donors (Lipinski definition) is 2. The van der Waals surface area contributed by atoms with E-state index in [9.17, 15) is 9.18 Å². The summed E-state index contributed by atoms with van der Waals surface area (Å²) in [6.45, 7) is 2.11. The van der Waals surface area contributed by atoms with Crippen molar-refractivity contribution in [3.05, 3.63) is 59.4 Å². The zero-order valence-electron chi connectivity index (χ0n) is 16.8. The van der Waals surface area contributed by atoms with Crippen molar-refractivity contribution in [2.45, 2.75) is 19.1 Å². The molecule has 0 unspecified atom stereocenters. The highest BCUT2D eigenvalue weighted by atomic mass is 19.1. The lowest BCUT2D eigenvalue weighted by molar-refractivity contribution is 0.0926. The number of halogens is 1. The molecule has 0 fully saturated rings. The van der Waals surface area contributed by atoms with E-state index in [0.29, 0.717) is 39.6 Å². The maximum atomic E-state index is 14.6. The first-order valence-electron chi connectivity index (χ1n) is 9.91. The van der Waals surface area contributed by atoms with Crippen molar-refractivity contribution in [3.8, 4) is 16.9 Å². The molecule has 0 saturated carbocycles. The number of carbonyl (C=O) groups is 1. The second-order valence-electron chi connectivity index (χ2n) is 7.80. The number of ether oxygens (including phenoxy) is 1. The Bertz CT molecular complexity index is 1380. The number of aryl methyl sites for hydroxylation is 1. The third-order valence-corrected chi connectivity index (χ3v) is 5.69. The molecule has 4 bridgehead atoms. The maximum Gasteiger partial charge on any atom is 0.256 e. The van der Waals surface area contributed by atoms with E-state index in [1.807, 2.05) is 13.1 Å². The highest BCUT2D eigenvalue weighted by Crippen LogP contribution is 2.46. The number of rotatable bonds is 0. The van der Waals surface area contributed by atoms with E-state index in [1.165, 1.54) is 18.3 Å². The molecule has 1 aromatic carbocycles. The van der Waals surface area contributed by atoms with Crippen LogP contribution in [0.15, 0.2) is 36.8 Å². The number of nitrogens with zero attached hydrogens (tertiary/aromatic N) is 5. The van der Waals surface area contributed by atoms with Gasteiger partial charge < -0.3 is 15.4 Å². The van der Waals surface area contributed by atoms with Gasteiger partial charge in [-0.1, -0.05) is 0 Å². The van der Waals surface area contributed by atoms with Crippen LogP contribution in [-0.4, -0.2) is 36.8 Å². The predicted octanol–water partition coefficient (Wildman–Crippen LogP) is 2.62. The highest BCUT2D eigenvalue weighted by molar-refractivity contribution is 5.99. The first kappa shape index (κ1) is 17.9. The van der Waals surface area contributed by atoms with Gasteiger partial charge in [0.05, 0.1) is 18.8 Å². The van der Waals surface area contributed by atoms with Crippen molar-refractivity contribution < 1.29 is 13.9 Å². The number of anilines is 1. The summed E-state index contributed by atoms with van der Waals surface area (Å²) in [5.41, 5.74) is 3.54. The molecule has 2 aliphatic rings. The Labute approximate surface area is 175 Å². The van der Waals surface area contributed by atoms with Crippen molar-refractivity contribution >= 4 is 17.4 Å². The molecule has 2 atom stereocenters. The van der Waals surface area contributed by atoms with E-state index in [-0.39, 0.29) is 24.3 Å². The van der Waals surface area contributed by atoms with Gasteiger partial charge in [0.2, 0.25) is 0 Å². The SMILES string of the molecule is C[C@H]1Nc2ccn3ncc(c3n2)C(=O)NC[C@H]2Oc3c(cc(F)cc31)-c1cn(C)nc12. The quantitative estimate of drug-likeness (QED) is 0.455. The molecule has 0 aliphatic carbocycles. The van der Waals surface area contributed by atoms with Crippen molar-refractivity contribution in [2.24, 2.45) is 7.05 Å². The van der Waals surface area contributed by atoms with Crippen LogP contribution in [0.3, 0.4) is 0 Å². The predicted molar refractivity (Wildman–Crippen MR) is 109 cm³/mol. The molecule has 3 aromatic heterocycles. The number of benzene rings is 1. The number of carbonyl (C=O) groups excluding carboxylic acids is 1. The highest BCUT2D eigenvalue weighted by Gasteiger charge is 2.33. The molecule has 9 nitrogen and oxygen atoms in total. The summed E-state index contributed by atoms with van der Waals surface area (Å²) in [6.07, 6.45) is 4.53. The molecule has 2 N–H and O–H groups in total. The molecule has 0 spiro atoms. The Morgan fingerprint density at radius 1 is 1.26 bits per heavy atom. The zero-order valence-corrected chi connectivity index (χ0v) is 16.8. The Balaban J connectivity index is 1.57. The van der Waals surface area contributed by atoms with E-state index in [1.54, 1.807) is 28.5 Å². The molecule has 4 aromatic rings. The van der Waals surface area contributed by atoms with Crippen LogP contribution in [0.2, 0.25) is 0 Å². The lowest BCUT2D eigenvalue weighted by Crippen LogP contribution is -2.32. The second-order valence-corrected chi connectivity index (χ2v) is 7.80. The van der Waals surface area contributed by atoms with Crippen LogP contribution in [-0.2, 0) is 7.05 Å². The lowest BCUT2D eigenvalue weighted by atomic mass is 9.94. The number of aromatic nitrogens is 5.